The predicted molar refractivity (Wildman–Crippen MR) is 102 cm³/mol. The third-order valence-electron chi connectivity index (χ3n) is 5.44. The number of fused-ring (bicyclic) bond motifs is 1. The molecular weight excluding hydrogens is 328 g/mol. The Morgan fingerprint density at radius 2 is 1.92 bits per heavy atom. The summed E-state index contributed by atoms with van der Waals surface area (Å²) in [5, 5.41) is 0. The number of carbonyl (C=O) groups excluding carboxylic acids is 1. The first-order valence-electron chi connectivity index (χ1n) is 9.52. The van der Waals surface area contributed by atoms with E-state index in [1.807, 2.05) is 4.90 Å². The van der Waals surface area contributed by atoms with Crippen LogP contribution < -0.4 is 4.90 Å². The maximum atomic E-state index is 12.5. The van der Waals surface area contributed by atoms with E-state index in [2.05, 4.69) is 54.6 Å². The lowest BCUT2D eigenvalue weighted by molar-refractivity contribution is -0.135. The molecular formula is C20H28N4O2. The summed E-state index contributed by atoms with van der Waals surface area (Å²) in [7, 11) is 0. The lowest BCUT2D eigenvalue weighted by Gasteiger charge is -2.37. The molecule has 1 amide bonds. The van der Waals surface area contributed by atoms with E-state index in [1.54, 1.807) is 0 Å². The number of aromatic nitrogens is 2. The average Bonchev–Trinajstić information content (AvgIpc) is 3.29. The second-order valence-corrected chi connectivity index (χ2v) is 8.40. The number of nitrogens with zero attached hydrogens (tertiary/aromatic N) is 4. The van der Waals surface area contributed by atoms with Crippen molar-refractivity contribution >= 4 is 17.2 Å². The van der Waals surface area contributed by atoms with Crippen molar-refractivity contribution < 1.29 is 9.53 Å². The molecule has 2 saturated heterocycles. The number of anilines is 1. The van der Waals surface area contributed by atoms with Crippen LogP contribution in [0.4, 0.5) is 5.69 Å². The molecule has 2 aromatic heterocycles. The van der Waals surface area contributed by atoms with Crippen molar-refractivity contribution in [3.63, 3.8) is 0 Å². The van der Waals surface area contributed by atoms with Gasteiger partial charge in [0, 0.05) is 50.6 Å². The predicted octanol–water partition coefficient (Wildman–Crippen LogP) is 2.32. The zero-order valence-electron chi connectivity index (χ0n) is 15.9. The SMILES string of the molecule is CC(C)(C)c1cn2cc(N3CCN(C(=O)C4CCOC4)CC3)ccc2n1. The Balaban J connectivity index is 1.44. The number of carbonyl (C=O) groups is 1. The molecule has 0 N–H and O–H groups in total. The third-order valence-corrected chi connectivity index (χ3v) is 5.44. The quantitative estimate of drug-likeness (QED) is 0.829. The van der Waals surface area contributed by atoms with Gasteiger partial charge < -0.3 is 18.9 Å². The molecule has 1 unspecified atom stereocenters. The molecule has 0 aliphatic carbocycles. The van der Waals surface area contributed by atoms with Crippen LogP contribution in [-0.4, -0.2) is 59.6 Å². The van der Waals surface area contributed by atoms with E-state index in [4.69, 9.17) is 9.72 Å². The van der Waals surface area contributed by atoms with Crippen molar-refractivity contribution in [1.82, 2.24) is 14.3 Å². The number of pyridine rings is 1. The lowest BCUT2D eigenvalue weighted by Crippen LogP contribution is -2.50. The van der Waals surface area contributed by atoms with Gasteiger partial charge in [-0.25, -0.2) is 4.98 Å². The number of imidazole rings is 1. The zero-order valence-corrected chi connectivity index (χ0v) is 15.9. The molecule has 0 bridgehead atoms. The van der Waals surface area contributed by atoms with Crippen LogP contribution in [0.5, 0.6) is 0 Å². The van der Waals surface area contributed by atoms with Crippen LogP contribution in [0.15, 0.2) is 24.5 Å². The summed E-state index contributed by atoms with van der Waals surface area (Å²) in [5.74, 6) is 0.335. The van der Waals surface area contributed by atoms with Gasteiger partial charge in [0.1, 0.15) is 5.65 Å². The summed E-state index contributed by atoms with van der Waals surface area (Å²) >= 11 is 0. The van der Waals surface area contributed by atoms with Gasteiger partial charge in [-0.05, 0) is 18.6 Å². The summed E-state index contributed by atoms with van der Waals surface area (Å²) < 4.78 is 7.47. The van der Waals surface area contributed by atoms with Gasteiger partial charge in [-0.15, -0.1) is 0 Å². The van der Waals surface area contributed by atoms with Crippen LogP contribution >= 0.6 is 0 Å². The minimum Gasteiger partial charge on any atom is -0.381 e. The number of ether oxygens (including phenoxy) is 1. The Morgan fingerprint density at radius 1 is 1.15 bits per heavy atom. The second kappa shape index (κ2) is 6.58. The number of hydrogen-bond donors (Lipinski definition) is 0. The number of hydrogen-bond acceptors (Lipinski definition) is 4. The smallest absolute Gasteiger partial charge is 0.228 e. The maximum Gasteiger partial charge on any atom is 0.228 e. The lowest BCUT2D eigenvalue weighted by atomic mass is 9.93. The molecule has 1 atom stereocenters. The van der Waals surface area contributed by atoms with Crippen molar-refractivity contribution in [2.45, 2.75) is 32.6 Å². The van der Waals surface area contributed by atoms with Crippen molar-refractivity contribution in [2.75, 3.05) is 44.3 Å². The van der Waals surface area contributed by atoms with Crippen LogP contribution in [0.3, 0.4) is 0 Å². The monoisotopic (exact) mass is 356 g/mol. The van der Waals surface area contributed by atoms with E-state index < -0.39 is 0 Å². The molecule has 4 rings (SSSR count). The van der Waals surface area contributed by atoms with Crippen molar-refractivity contribution in [3.05, 3.63) is 30.2 Å². The van der Waals surface area contributed by atoms with Crippen molar-refractivity contribution in [2.24, 2.45) is 5.92 Å². The molecule has 2 aliphatic heterocycles. The van der Waals surface area contributed by atoms with E-state index in [0.29, 0.717) is 6.61 Å². The molecule has 2 aromatic rings. The van der Waals surface area contributed by atoms with Crippen molar-refractivity contribution in [1.29, 1.82) is 0 Å². The first-order chi connectivity index (χ1) is 12.4. The molecule has 0 saturated carbocycles. The van der Waals surface area contributed by atoms with E-state index >= 15 is 0 Å². The summed E-state index contributed by atoms with van der Waals surface area (Å²) in [5.41, 5.74) is 3.31. The number of amides is 1. The third kappa shape index (κ3) is 3.30. The Morgan fingerprint density at radius 3 is 2.58 bits per heavy atom. The Bertz CT molecular complexity index is 794. The second-order valence-electron chi connectivity index (χ2n) is 8.40. The zero-order chi connectivity index (χ0) is 18.3. The minimum absolute atomic E-state index is 0.0438. The fourth-order valence-corrected chi connectivity index (χ4v) is 3.70. The standard InChI is InChI=1S/C20H28N4O2/c1-20(2,3)17-13-24-12-16(4-5-18(24)21-17)22-7-9-23(10-8-22)19(25)15-6-11-26-14-15/h4-5,12-13,15H,6-11,14H2,1-3H3. The van der Waals surface area contributed by atoms with E-state index in [-0.39, 0.29) is 17.2 Å². The van der Waals surface area contributed by atoms with E-state index in [9.17, 15) is 4.79 Å². The van der Waals surface area contributed by atoms with Gasteiger partial charge in [-0.2, -0.15) is 0 Å². The first-order valence-corrected chi connectivity index (χ1v) is 9.52. The summed E-state index contributed by atoms with van der Waals surface area (Å²) in [4.78, 5) is 21.6. The normalized spacial score (nSPS) is 21.6. The average molecular weight is 356 g/mol. The highest BCUT2D eigenvalue weighted by Crippen LogP contribution is 2.24. The van der Waals surface area contributed by atoms with Gasteiger partial charge in [-0.1, -0.05) is 20.8 Å². The molecule has 0 spiro atoms. The highest BCUT2D eigenvalue weighted by Gasteiger charge is 2.30. The van der Waals surface area contributed by atoms with Gasteiger partial charge in [0.05, 0.1) is 23.9 Å². The molecule has 4 heterocycles. The van der Waals surface area contributed by atoms with Gasteiger partial charge in [-0.3, -0.25) is 4.79 Å². The largest absolute Gasteiger partial charge is 0.381 e. The Labute approximate surface area is 154 Å². The maximum absolute atomic E-state index is 12.5. The van der Waals surface area contributed by atoms with Gasteiger partial charge in [0.15, 0.2) is 0 Å². The van der Waals surface area contributed by atoms with Gasteiger partial charge >= 0.3 is 0 Å². The molecule has 0 radical (unpaired) electrons. The molecule has 6 heteroatoms. The fraction of sp³-hybridized carbons (Fsp3) is 0.600. The molecule has 26 heavy (non-hydrogen) atoms. The fourth-order valence-electron chi connectivity index (χ4n) is 3.70. The number of rotatable bonds is 2. The first kappa shape index (κ1) is 17.3. The summed E-state index contributed by atoms with van der Waals surface area (Å²) in [6, 6.07) is 4.22. The molecule has 6 nitrogen and oxygen atoms in total. The minimum atomic E-state index is 0.0438. The molecule has 140 valence electrons. The Hall–Kier alpha value is -2.08. The van der Waals surface area contributed by atoms with Crippen molar-refractivity contribution in [3.8, 4) is 0 Å². The van der Waals surface area contributed by atoms with E-state index in [1.165, 1.54) is 5.69 Å². The highest BCUT2D eigenvalue weighted by atomic mass is 16.5. The highest BCUT2D eigenvalue weighted by molar-refractivity contribution is 5.79. The van der Waals surface area contributed by atoms with E-state index in [0.717, 1.165) is 50.5 Å². The molecule has 2 aliphatic rings. The summed E-state index contributed by atoms with van der Waals surface area (Å²) in [6.07, 6.45) is 5.14. The van der Waals surface area contributed by atoms with Crippen LogP contribution in [0.2, 0.25) is 0 Å². The Kier molecular flexibility index (Phi) is 4.39. The van der Waals surface area contributed by atoms with Crippen LogP contribution in [0.25, 0.3) is 5.65 Å². The van der Waals surface area contributed by atoms with Crippen LogP contribution in [-0.2, 0) is 14.9 Å². The van der Waals surface area contributed by atoms with Gasteiger partial charge in [0.25, 0.3) is 0 Å². The van der Waals surface area contributed by atoms with Crippen LogP contribution in [0, 0.1) is 5.92 Å². The van der Waals surface area contributed by atoms with Crippen LogP contribution in [0.1, 0.15) is 32.9 Å². The topological polar surface area (TPSA) is 50.1 Å². The van der Waals surface area contributed by atoms with Gasteiger partial charge in [0.2, 0.25) is 5.91 Å². The molecule has 2 fully saturated rings. The summed E-state index contributed by atoms with van der Waals surface area (Å²) in [6.45, 7) is 11.2. The molecule has 0 aromatic carbocycles. The number of piperazine rings is 1.